The van der Waals surface area contributed by atoms with Crippen molar-refractivity contribution in [1.29, 1.82) is 0 Å². The van der Waals surface area contributed by atoms with E-state index in [1.54, 1.807) is 0 Å². The Morgan fingerprint density at radius 1 is 1.36 bits per heavy atom. The minimum absolute atomic E-state index is 0.0115. The van der Waals surface area contributed by atoms with Crippen LogP contribution < -0.4 is 5.73 Å². The van der Waals surface area contributed by atoms with Gasteiger partial charge in [-0.3, -0.25) is 0 Å². The molecule has 1 aromatic rings. The van der Waals surface area contributed by atoms with E-state index in [4.69, 9.17) is 17.3 Å². The zero-order valence-electron chi connectivity index (χ0n) is 5.17. The van der Waals surface area contributed by atoms with E-state index in [-0.39, 0.29) is 15.2 Å². The second kappa shape index (κ2) is 2.95. The predicted molar refractivity (Wildman–Crippen MR) is 43.5 cm³/mol. The van der Waals surface area contributed by atoms with Gasteiger partial charge in [-0.2, -0.15) is 0 Å². The van der Waals surface area contributed by atoms with Crippen LogP contribution in [-0.4, -0.2) is 0 Å². The van der Waals surface area contributed by atoms with Crippen LogP contribution in [0.5, 0.6) is 0 Å². The fourth-order valence-electron chi connectivity index (χ4n) is 0.591. The van der Waals surface area contributed by atoms with E-state index in [0.29, 0.717) is 0 Å². The number of nitrogen functional groups attached to an aromatic ring is 1. The topological polar surface area (TPSA) is 26.0 Å². The Morgan fingerprint density at radius 2 is 1.91 bits per heavy atom. The molecule has 0 saturated heterocycles. The average Bonchev–Trinajstić information content (AvgIpc) is 1.97. The summed E-state index contributed by atoms with van der Waals surface area (Å²) in [6, 6.07) is 1.21. The summed E-state index contributed by atoms with van der Waals surface area (Å²) in [6.07, 6.45) is 0. The zero-order valence-corrected chi connectivity index (χ0v) is 7.51. The van der Waals surface area contributed by atoms with Crippen molar-refractivity contribution in [1.82, 2.24) is 0 Å². The van der Waals surface area contributed by atoms with E-state index in [2.05, 4.69) is 15.9 Å². The molecule has 1 rings (SSSR count). The van der Waals surface area contributed by atoms with E-state index in [9.17, 15) is 8.78 Å². The summed E-state index contributed by atoms with van der Waals surface area (Å²) in [4.78, 5) is 0. The molecule has 5 heteroatoms. The number of halogens is 4. The van der Waals surface area contributed by atoms with Crippen molar-refractivity contribution in [2.75, 3.05) is 5.73 Å². The highest BCUT2D eigenvalue weighted by Crippen LogP contribution is 2.29. The van der Waals surface area contributed by atoms with Gasteiger partial charge in [0, 0.05) is 0 Å². The normalized spacial score (nSPS) is 10.2. The third-order valence-corrected chi connectivity index (χ3v) is 2.09. The highest BCUT2D eigenvalue weighted by Gasteiger charge is 2.13. The molecule has 0 unspecified atom stereocenters. The molecule has 0 amide bonds. The molecule has 0 aliphatic carbocycles. The quantitative estimate of drug-likeness (QED) is 0.422. The molecule has 0 aliphatic rings. The summed E-state index contributed by atoms with van der Waals surface area (Å²) < 4.78 is 25.2. The number of rotatable bonds is 0. The summed E-state index contributed by atoms with van der Waals surface area (Å²) in [5.74, 6) is -2.15. The Labute approximate surface area is 75.3 Å². The molecular weight excluding hydrogens is 239 g/mol. The van der Waals surface area contributed by atoms with Gasteiger partial charge < -0.3 is 5.73 Å². The molecule has 0 aliphatic heterocycles. The van der Waals surface area contributed by atoms with Crippen LogP contribution in [0.15, 0.2) is 10.5 Å². The molecule has 0 spiro atoms. The summed E-state index contributed by atoms with van der Waals surface area (Å²) >= 11 is 8.07. The van der Waals surface area contributed by atoms with E-state index in [0.717, 1.165) is 0 Å². The molecular formula is C6H3BrClF2N. The molecule has 0 fully saturated rings. The zero-order chi connectivity index (χ0) is 8.59. The Bertz CT molecular complexity index is 277. The van der Waals surface area contributed by atoms with Gasteiger partial charge in [0.15, 0.2) is 11.6 Å². The summed E-state index contributed by atoms with van der Waals surface area (Å²) in [7, 11) is 0. The van der Waals surface area contributed by atoms with Crippen LogP contribution in [0.3, 0.4) is 0 Å². The lowest BCUT2D eigenvalue weighted by Crippen LogP contribution is -1.93. The molecule has 2 N–H and O–H groups in total. The fraction of sp³-hybridized carbons (Fsp3) is 0. The molecule has 0 saturated carbocycles. The van der Waals surface area contributed by atoms with Crippen molar-refractivity contribution in [3.8, 4) is 0 Å². The van der Waals surface area contributed by atoms with Gasteiger partial charge in [0.1, 0.15) is 5.02 Å². The first kappa shape index (κ1) is 8.74. The molecule has 1 aromatic carbocycles. The first-order valence-electron chi connectivity index (χ1n) is 2.62. The van der Waals surface area contributed by atoms with Crippen LogP contribution >= 0.6 is 27.5 Å². The lowest BCUT2D eigenvalue weighted by Gasteiger charge is -2.01. The van der Waals surface area contributed by atoms with Crippen LogP contribution in [0.1, 0.15) is 0 Å². The molecule has 1 nitrogen and oxygen atoms in total. The second-order valence-electron chi connectivity index (χ2n) is 1.89. The SMILES string of the molecule is Nc1cc(Br)c(F)c(F)c1Cl. The van der Waals surface area contributed by atoms with Crippen LogP contribution in [0.4, 0.5) is 14.5 Å². The summed E-state index contributed by atoms with van der Waals surface area (Å²) in [5, 5.41) is -0.384. The van der Waals surface area contributed by atoms with Gasteiger partial charge in [-0.05, 0) is 22.0 Å². The number of hydrogen-bond donors (Lipinski definition) is 1. The first-order chi connectivity index (χ1) is 5.04. The summed E-state index contributed by atoms with van der Waals surface area (Å²) in [5.41, 5.74) is 5.23. The second-order valence-corrected chi connectivity index (χ2v) is 3.12. The van der Waals surface area contributed by atoms with Gasteiger partial charge in [0.25, 0.3) is 0 Å². The molecule has 11 heavy (non-hydrogen) atoms. The van der Waals surface area contributed by atoms with Gasteiger partial charge in [-0.15, -0.1) is 0 Å². The van der Waals surface area contributed by atoms with Crippen LogP contribution in [-0.2, 0) is 0 Å². The van der Waals surface area contributed by atoms with Gasteiger partial charge in [-0.25, -0.2) is 8.78 Å². The van der Waals surface area contributed by atoms with Gasteiger partial charge >= 0.3 is 0 Å². The van der Waals surface area contributed by atoms with Gasteiger partial charge in [0.05, 0.1) is 10.2 Å². The van der Waals surface area contributed by atoms with Crippen molar-refractivity contribution in [3.05, 3.63) is 27.2 Å². The van der Waals surface area contributed by atoms with Crippen LogP contribution in [0, 0.1) is 11.6 Å². The van der Waals surface area contributed by atoms with Crippen LogP contribution in [0.2, 0.25) is 5.02 Å². The lowest BCUT2D eigenvalue weighted by atomic mass is 10.3. The minimum Gasteiger partial charge on any atom is -0.397 e. The van der Waals surface area contributed by atoms with Gasteiger partial charge in [-0.1, -0.05) is 11.6 Å². The van der Waals surface area contributed by atoms with Crippen molar-refractivity contribution in [3.63, 3.8) is 0 Å². The van der Waals surface area contributed by atoms with Crippen molar-refractivity contribution >= 4 is 33.2 Å². The Kier molecular flexibility index (Phi) is 2.34. The monoisotopic (exact) mass is 241 g/mol. The lowest BCUT2D eigenvalue weighted by molar-refractivity contribution is 0.505. The average molecular weight is 242 g/mol. The Morgan fingerprint density at radius 3 is 2.45 bits per heavy atom. The van der Waals surface area contributed by atoms with E-state index < -0.39 is 11.6 Å². The maximum absolute atomic E-state index is 12.6. The van der Waals surface area contributed by atoms with E-state index in [1.807, 2.05) is 0 Å². The van der Waals surface area contributed by atoms with Gasteiger partial charge in [0.2, 0.25) is 0 Å². The molecule has 0 heterocycles. The predicted octanol–water partition coefficient (Wildman–Crippen LogP) is 2.96. The van der Waals surface area contributed by atoms with E-state index >= 15 is 0 Å². The highest BCUT2D eigenvalue weighted by molar-refractivity contribution is 9.10. The number of benzene rings is 1. The molecule has 0 atom stereocenters. The standard InChI is InChI=1S/C6H3BrClF2N/c7-2-1-3(11)4(8)6(10)5(2)9/h1H,11H2. The number of hydrogen-bond acceptors (Lipinski definition) is 1. The molecule has 0 bridgehead atoms. The van der Waals surface area contributed by atoms with E-state index in [1.165, 1.54) is 6.07 Å². The maximum Gasteiger partial charge on any atom is 0.180 e. The van der Waals surface area contributed by atoms with Crippen molar-refractivity contribution in [2.45, 2.75) is 0 Å². The summed E-state index contributed by atoms with van der Waals surface area (Å²) in [6.45, 7) is 0. The maximum atomic E-state index is 12.6. The van der Waals surface area contributed by atoms with Crippen molar-refractivity contribution < 1.29 is 8.78 Å². The molecule has 0 aromatic heterocycles. The third kappa shape index (κ3) is 1.46. The van der Waals surface area contributed by atoms with Crippen molar-refractivity contribution in [2.24, 2.45) is 0 Å². The smallest absolute Gasteiger partial charge is 0.180 e. The third-order valence-electron chi connectivity index (χ3n) is 1.13. The molecule has 0 radical (unpaired) electrons. The Balaban J connectivity index is 3.46. The first-order valence-corrected chi connectivity index (χ1v) is 3.79. The largest absolute Gasteiger partial charge is 0.397 e. The van der Waals surface area contributed by atoms with Crippen LogP contribution in [0.25, 0.3) is 0 Å². The fourth-order valence-corrected chi connectivity index (χ4v) is 1.15. The minimum atomic E-state index is -1.13. The Hall–Kier alpha value is -0.350. The number of nitrogens with two attached hydrogens (primary N) is 1. The highest BCUT2D eigenvalue weighted by atomic mass is 79.9. The number of anilines is 1. The molecule has 60 valence electrons.